The molecule has 29 heavy (non-hydrogen) atoms. The van der Waals surface area contributed by atoms with E-state index in [9.17, 15) is 9.59 Å². The highest BCUT2D eigenvalue weighted by Gasteiger charge is 2.15. The first kappa shape index (κ1) is 20.7. The molecular formula is C20H20N4O3S2. The van der Waals surface area contributed by atoms with E-state index in [0.29, 0.717) is 16.8 Å². The van der Waals surface area contributed by atoms with Gasteiger partial charge in [0.2, 0.25) is 0 Å². The van der Waals surface area contributed by atoms with Crippen LogP contribution < -0.4 is 10.6 Å². The molecule has 0 unspecified atom stereocenters. The van der Waals surface area contributed by atoms with Crippen molar-refractivity contribution in [2.75, 3.05) is 23.8 Å². The van der Waals surface area contributed by atoms with Crippen LogP contribution in [0.3, 0.4) is 0 Å². The molecule has 9 heteroatoms. The monoisotopic (exact) mass is 428 g/mol. The lowest BCUT2D eigenvalue weighted by Crippen LogP contribution is -2.21. The zero-order valence-corrected chi connectivity index (χ0v) is 17.4. The van der Waals surface area contributed by atoms with E-state index in [4.69, 9.17) is 4.74 Å². The summed E-state index contributed by atoms with van der Waals surface area (Å²) in [6.45, 7) is 5.84. The van der Waals surface area contributed by atoms with Crippen LogP contribution in [0.2, 0.25) is 0 Å². The molecule has 0 spiro atoms. The predicted octanol–water partition coefficient (Wildman–Crippen LogP) is 4.22. The SMILES string of the molecule is C=CCNc1nc(C(=O)OCC(=O)Nc2nc(-c3ccc(CC)cc3)cs2)cs1. The van der Waals surface area contributed by atoms with Gasteiger partial charge in [0, 0.05) is 22.9 Å². The van der Waals surface area contributed by atoms with Gasteiger partial charge in [-0.1, -0.05) is 37.3 Å². The Bertz CT molecular complexity index is 995. The first-order chi connectivity index (χ1) is 14.1. The molecule has 1 amide bonds. The molecule has 3 aromatic rings. The second kappa shape index (κ2) is 9.94. The number of rotatable bonds is 9. The van der Waals surface area contributed by atoms with Gasteiger partial charge in [-0.3, -0.25) is 10.1 Å². The summed E-state index contributed by atoms with van der Waals surface area (Å²) in [7, 11) is 0. The maximum atomic E-state index is 12.1. The highest BCUT2D eigenvalue weighted by atomic mass is 32.1. The second-order valence-electron chi connectivity index (χ2n) is 5.92. The second-order valence-corrected chi connectivity index (χ2v) is 7.64. The standard InChI is InChI=1S/C20H20N4O3S2/c1-3-9-21-19-23-16(12-28-19)18(26)27-10-17(25)24-20-22-15(11-29-20)14-7-5-13(4-2)6-8-14/h3,5-8,11-12H,1,4,9-10H2,2H3,(H,21,23)(H,22,24,25). The topological polar surface area (TPSA) is 93.2 Å². The third kappa shape index (κ3) is 5.72. The van der Waals surface area contributed by atoms with E-state index >= 15 is 0 Å². The van der Waals surface area contributed by atoms with Crippen LogP contribution in [0.4, 0.5) is 10.3 Å². The predicted molar refractivity (Wildman–Crippen MR) is 117 cm³/mol. The van der Waals surface area contributed by atoms with Crippen LogP contribution >= 0.6 is 22.7 Å². The van der Waals surface area contributed by atoms with Crippen LogP contribution in [-0.4, -0.2) is 35.0 Å². The van der Waals surface area contributed by atoms with Crippen LogP contribution in [0.15, 0.2) is 47.7 Å². The number of carbonyl (C=O) groups excluding carboxylic acids is 2. The van der Waals surface area contributed by atoms with Crippen molar-refractivity contribution in [3.63, 3.8) is 0 Å². The van der Waals surface area contributed by atoms with Crippen molar-refractivity contribution in [2.45, 2.75) is 13.3 Å². The zero-order valence-electron chi connectivity index (χ0n) is 15.8. The maximum absolute atomic E-state index is 12.1. The zero-order chi connectivity index (χ0) is 20.6. The Morgan fingerprint density at radius 2 is 1.90 bits per heavy atom. The Morgan fingerprint density at radius 3 is 2.62 bits per heavy atom. The molecule has 0 aliphatic rings. The fourth-order valence-corrected chi connectivity index (χ4v) is 3.77. The summed E-state index contributed by atoms with van der Waals surface area (Å²) in [5.41, 5.74) is 3.17. The number of aryl methyl sites for hydroxylation is 1. The number of benzene rings is 1. The van der Waals surface area contributed by atoms with Crippen molar-refractivity contribution < 1.29 is 14.3 Å². The molecule has 0 saturated heterocycles. The number of nitrogens with one attached hydrogen (secondary N) is 2. The summed E-state index contributed by atoms with van der Waals surface area (Å²) in [5, 5.41) is 10.1. The molecule has 2 aromatic heterocycles. The Balaban J connectivity index is 1.50. The lowest BCUT2D eigenvalue weighted by molar-refractivity contribution is -0.119. The number of anilines is 2. The van der Waals surface area contributed by atoms with Crippen LogP contribution in [0.25, 0.3) is 11.3 Å². The minimum atomic E-state index is -0.654. The number of esters is 1. The van der Waals surface area contributed by atoms with Crippen molar-refractivity contribution in [1.29, 1.82) is 0 Å². The van der Waals surface area contributed by atoms with Crippen molar-refractivity contribution in [1.82, 2.24) is 9.97 Å². The number of thiazole rings is 2. The fraction of sp³-hybridized carbons (Fsp3) is 0.200. The van der Waals surface area contributed by atoms with Crippen molar-refractivity contribution in [3.8, 4) is 11.3 Å². The van der Waals surface area contributed by atoms with Crippen LogP contribution in [0, 0.1) is 0 Å². The van der Waals surface area contributed by atoms with Gasteiger partial charge in [-0.2, -0.15) is 0 Å². The van der Waals surface area contributed by atoms with Gasteiger partial charge in [0.05, 0.1) is 5.69 Å². The molecule has 0 fully saturated rings. The third-order valence-electron chi connectivity index (χ3n) is 3.85. The van der Waals surface area contributed by atoms with E-state index < -0.39 is 18.5 Å². The van der Waals surface area contributed by atoms with E-state index in [-0.39, 0.29) is 5.69 Å². The smallest absolute Gasteiger partial charge is 0.358 e. The summed E-state index contributed by atoms with van der Waals surface area (Å²) >= 11 is 2.59. The summed E-state index contributed by atoms with van der Waals surface area (Å²) in [6, 6.07) is 8.13. The van der Waals surface area contributed by atoms with Gasteiger partial charge in [0.15, 0.2) is 22.6 Å². The van der Waals surface area contributed by atoms with Crippen molar-refractivity contribution in [2.24, 2.45) is 0 Å². The Morgan fingerprint density at radius 1 is 1.14 bits per heavy atom. The molecule has 0 bridgehead atoms. The first-order valence-corrected chi connectivity index (χ1v) is 10.7. The van der Waals surface area contributed by atoms with Crippen molar-refractivity contribution >= 4 is 44.8 Å². The molecule has 2 heterocycles. The van der Waals surface area contributed by atoms with E-state index in [0.717, 1.165) is 17.7 Å². The summed E-state index contributed by atoms with van der Waals surface area (Å²) < 4.78 is 5.02. The lowest BCUT2D eigenvalue weighted by atomic mass is 10.1. The minimum absolute atomic E-state index is 0.154. The van der Waals surface area contributed by atoms with Crippen LogP contribution in [0.1, 0.15) is 23.0 Å². The number of ether oxygens (including phenoxy) is 1. The largest absolute Gasteiger partial charge is 0.451 e. The summed E-state index contributed by atoms with van der Waals surface area (Å²) in [5.74, 6) is -1.11. The molecule has 0 saturated carbocycles. The highest BCUT2D eigenvalue weighted by Crippen LogP contribution is 2.25. The Labute approximate surface area is 176 Å². The van der Waals surface area contributed by atoms with E-state index in [1.807, 2.05) is 17.5 Å². The molecule has 2 N–H and O–H groups in total. The Kier molecular flexibility index (Phi) is 7.09. The van der Waals surface area contributed by atoms with Crippen LogP contribution in [-0.2, 0) is 16.0 Å². The molecule has 150 valence electrons. The van der Waals surface area contributed by atoms with Gasteiger partial charge in [-0.15, -0.1) is 29.3 Å². The quantitative estimate of drug-likeness (QED) is 0.391. The molecule has 3 rings (SSSR count). The number of hydrogen-bond donors (Lipinski definition) is 2. The van der Waals surface area contributed by atoms with E-state index in [2.05, 4.69) is 46.2 Å². The van der Waals surface area contributed by atoms with Gasteiger partial charge in [-0.25, -0.2) is 14.8 Å². The maximum Gasteiger partial charge on any atom is 0.358 e. The molecule has 0 aliphatic carbocycles. The van der Waals surface area contributed by atoms with Crippen molar-refractivity contribution in [3.05, 3.63) is 58.9 Å². The molecule has 7 nitrogen and oxygen atoms in total. The average molecular weight is 429 g/mol. The van der Waals surface area contributed by atoms with E-state index in [1.165, 1.54) is 28.2 Å². The fourth-order valence-electron chi connectivity index (χ4n) is 2.34. The summed E-state index contributed by atoms with van der Waals surface area (Å²) in [6.07, 6.45) is 2.67. The number of aromatic nitrogens is 2. The molecule has 0 atom stereocenters. The van der Waals surface area contributed by atoms with Gasteiger partial charge in [0.1, 0.15) is 0 Å². The molecule has 0 aliphatic heterocycles. The number of hydrogen-bond acceptors (Lipinski definition) is 8. The lowest BCUT2D eigenvalue weighted by Gasteiger charge is -2.03. The highest BCUT2D eigenvalue weighted by molar-refractivity contribution is 7.14. The molecule has 0 radical (unpaired) electrons. The molecule has 1 aromatic carbocycles. The van der Waals surface area contributed by atoms with Crippen LogP contribution in [0.5, 0.6) is 0 Å². The number of carbonyl (C=O) groups is 2. The molecular weight excluding hydrogens is 408 g/mol. The first-order valence-electron chi connectivity index (χ1n) is 8.91. The number of nitrogens with zero attached hydrogens (tertiary/aromatic N) is 2. The van der Waals surface area contributed by atoms with Gasteiger partial charge < -0.3 is 10.1 Å². The minimum Gasteiger partial charge on any atom is -0.451 e. The average Bonchev–Trinajstić information content (AvgIpc) is 3.40. The summed E-state index contributed by atoms with van der Waals surface area (Å²) in [4.78, 5) is 32.6. The Hall–Kier alpha value is -3.04. The normalized spacial score (nSPS) is 10.4. The van der Waals surface area contributed by atoms with Gasteiger partial charge in [-0.05, 0) is 12.0 Å². The van der Waals surface area contributed by atoms with Gasteiger partial charge >= 0.3 is 5.97 Å². The third-order valence-corrected chi connectivity index (χ3v) is 5.41. The van der Waals surface area contributed by atoms with E-state index in [1.54, 1.807) is 11.5 Å². The van der Waals surface area contributed by atoms with Gasteiger partial charge in [0.25, 0.3) is 5.91 Å². The number of amides is 1.